The lowest BCUT2D eigenvalue weighted by Crippen LogP contribution is -2.66. The molecule has 1 aromatic carbocycles. The lowest BCUT2D eigenvalue weighted by molar-refractivity contribution is -0.605. The molecule has 3 heterocycles. The molecule has 0 saturated carbocycles. The quantitative estimate of drug-likeness (QED) is 0.272. The van der Waals surface area contributed by atoms with E-state index in [1.54, 1.807) is 0 Å². The third kappa shape index (κ3) is 6.40. The van der Waals surface area contributed by atoms with E-state index in [9.17, 15) is 33.7 Å². The second-order valence-electron chi connectivity index (χ2n) is 9.44. The fraction of sp³-hybridized carbons (Fsp3) is 0.308. The van der Waals surface area contributed by atoms with Crippen molar-refractivity contribution in [3.63, 3.8) is 0 Å². The van der Waals surface area contributed by atoms with Crippen molar-refractivity contribution in [3.05, 3.63) is 81.9 Å². The monoisotopic (exact) mass is 589 g/mol. The Bertz CT molecular complexity index is 1480. The summed E-state index contributed by atoms with van der Waals surface area (Å²) in [6, 6.07) is 5.29. The van der Waals surface area contributed by atoms with E-state index in [0.717, 1.165) is 9.71 Å². The Hall–Kier alpha value is -3.62. The molecule has 3 aromatic rings. The highest BCUT2D eigenvalue weighted by atomic mass is 35.5. The van der Waals surface area contributed by atoms with Crippen LogP contribution in [-0.4, -0.2) is 86.2 Å². The summed E-state index contributed by atoms with van der Waals surface area (Å²) in [5, 5.41) is 43.7. The Labute approximate surface area is 236 Å². The van der Waals surface area contributed by atoms with E-state index >= 15 is 0 Å². The highest BCUT2D eigenvalue weighted by molar-refractivity contribution is 7.92. The summed E-state index contributed by atoms with van der Waals surface area (Å²) in [6.07, 6.45) is 4.08. The van der Waals surface area contributed by atoms with E-state index in [1.807, 2.05) is 0 Å². The lowest BCUT2D eigenvalue weighted by atomic mass is 9.99. The molecule has 4 atom stereocenters. The Morgan fingerprint density at radius 1 is 1.10 bits per heavy atom. The van der Waals surface area contributed by atoms with Gasteiger partial charge in [0.1, 0.15) is 5.75 Å². The molecule has 1 saturated heterocycles. The fourth-order valence-corrected chi connectivity index (χ4v) is 5.77. The molecule has 3 N–H and O–H groups in total. The SMILES string of the molecule is CC(O)C1CN(S(=O)(=O)/C=C/c2ccc(Cl)cc2O)CC(C(C)O)N1C(=O)c1cnc(-c2cc[n+]([O-])cc2)nc1. The summed E-state index contributed by atoms with van der Waals surface area (Å²) >= 11 is 5.84. The van der Waals surface area contributed by atoms with E-state index in [-0.39, 0.29) is 40.8 Å². The maximum atomic E-state index is 13.6. The number of phenols is 1. The smallest absolute Gasteiger partial charge is 0.257 e. The fourth-order valence-electron chi connectivity index (χ4n) is 4.39. The van der Waals surface area contributed by atoms with Crippen LogP contribution in [-0.2, 0) is 10.0 Å². The largest absolute Gasteiger partial charge is 0.619 e. The Balaban J connectivity index is 1.60. The van der Waals surface area contributed by atoms with Crippen molar-refractivity contribution < 1.29 is 33.3 Å². The summed E-state index contributed by atoms with van der Waals surface area (Å²) in [7, 11) is -4.09. The Morgan fingerprint density at radius 2 is 1.68 bits per heavy atom. The van der Waals surface area contributed by atoms with Gasteiger partial charge in [0.2, 0.25) is 10.0 Å². The van der Waals surface area contributed by atoms with Crippen LogP contribution in [0.5, 0.6) is 5.75 Å². The molecule has 0 bridgehead atoms. The first-order valence-electron chi connectivity index (χ1n) is 12.2. The van der Waals surface area contributed by atoms with Crippen LogP contribution in [0.1, 0.15) is 29.8 Å². The highest BCUT2D eigenvalue weighted by Gasteiger charge is 2.44. The van der Waals surface area contributed by atoms with Crippen LogP contribution in [0.15, 0.2) is 60.5 Å². The summed E-state index contributed by atoms with van der Waals surface area (Å²) in [5.74, 6) is -0.508. The number of aliphatic hydroxyl groups is 2. The number of hydrogen-bond acceptors (Lipinski definition) is 9. The van der Waals surface area contributed by atoms with E-state index < -0.39 is 40.2 Å². The number of sulfonamides is 1. The van der Waals surface area contributed by atoms with Gasteiger partial charge in [0.05, 0.1) is 29.9 Å². The van der Waals surface area contributed by atoms with Crippen LogP contribution in [0.4, 0.5) is 0 Å². The number of halogens is 1. The van der Waals surface area contributed by atoms with Crippen LogP contribution in [0.3, 0.4) is 0 Å². The molecule has 1 aliphatic heterocycles. The van der Waals surface area contributed by atoms with Crippen LogP contribution in [0.2, 0.25) is 5.02 Å². The zero-order valence-electron chi connectivity index (χ0n) is 21.6. The molecule has 2 aromatic heterocycles. The molecule has 12 nitrogen and oxygen atoms in total. The number of nitrogens with zero attached hydrogens (tertiary/aromatic N) is 5. The summed E-state index contributed by atoms with van der Waals surface area (Å²) < 4.78 is 28.2. The normalized spacial score (nSPS) is 20.0. The van der Waals surface area contributed by atoms with Gasteiger partial charge in [-0.25, -0.2) is 18.4 Å². The average Bonchev–Trinajstić information content (AvgIpc) is 2.92. The third-order valence-corrected chi connectivity index (χ3v) is 8.31. The molecule has 0 spiro atoms. The molecule has 4 unspecified atom stereocenters. The highest BCUT2D eigenvalue weighted by Crippen LogP contribution is 2.28. The third-order valence-electron chi connectivity index (χ3n) is 6.58. The number of aliphatic hydroxyl groups excluding tert-OH is 2. The molecule has 212 valence electrons. The number of amides is 1. The molecular formula is C26H28ClN5O7S. The van der Waals surface area contributed by atoms with Gasteiger partial charge in [-0.05, 0) is 38.1 Å². The van der Waals surface area contributed by atoms with Gasteiger partial charge in [-0.15, -0.1) is 0 Å². The molecule has 40 heavy (non-hydrogen) atoms. The van der Waals surface area contributed by atoms with E-state index in [0.29, 0.717) is 10.3 Å². The second-order valence-corrected chi connectivity index (χ2v) is 11.7. The zero-order chi connectivity index (χ0) is 29.2. The molecule has 0 aliphatic carbocycles. The van der Waals surface area contributed by atoms with Gasteiger partial charge in [0.25, 0.3) is 5.91 Å². The van der Waals surface area contributed by atoms with Gasteiger partial charge in [0.15, 0.2) is 18.2 Å². The van der Waals surface area contributed by atoms with E-state index in [2.05, 4.69) is 9.97 Å². The summed E-state index contributed by atoms with van der Waals surface area (Å²) in [5.41, 5.74) is 0.866. The molecular weight excluding hydrogens is 562 g/mol. The lowest BCUT2D eigenvalue weighted by Gasteiger charge is -2.48. The minimum Gasteiger partial charge on any atom is -0.619 e. The number of aromatic hydroxyl groups is 1. The number of carbonyl (C=O) groups is 1. The molecule has 1 amide bonds. The van der Waals surface area contributed by atoms with Crippen LogP contribution in [0, 0.1) is 5.21 Å². The standard InChI is InChI=1S/C26H28ClN5O7S/c1-16(33)22-14-31(40(38,39)10-7-18-3-4-21(27)11-24(18)35)15-23(17(2)34)32(22)26(36)20-12-28-25(29-13-20)19-5-8-30(37)9-6-19/h3-13,16-17,22-23,33-35H,14-15H2,1-2H3/b10-7+. The van der Waals surface area contributed by atoms with Crippen molar-refractivity contribution in [2.75, 3.05) is 13.1 Å². The number of phenolic OH excluding ortho intramolecular Hbond substituents is 1. The predicted molar refractivity (Wildman–Crippen MR) is 146 cm³/mol. The maximum absolute atomic E-state index is 13.6. The number of hydrogen-bond donors (Lipinski definition) is 3. The molecule has 4 rings (SSSR count). The zero-order valence-corrected chi connectivity index (χ0v) is 23.1. The second kappa shape index (κ2) is 11.9. The molecule has 1 aliphatic rings. The van der Waals surface area contributed by atoms with E-state index in [4.69, 9.17) is 11.6 Å². The van der Waals surface area contributed by atoms with E-state index in [1.165, 1.54) is 79.9 Å². The topological polar surface area (TPSA) is 171 Å². The first-order valence-corrected chi connectivity index (χ1v) is 14.1. The summed E-state index contributed by atoms with van der Waals surface area (Å²) in [6.45, 7) is 2.37. The molecule has 14 heteroatoms. The van der Waals surface area contributed by atoms with Gasteiger partial charge >= 0.3 is 0 Å². The number of rotatable bonds is 7. The number of carbonyl (C=O) groups excluding carboxylic acids is 1. The van der Waals surface area contributed by atoms with Crippen LogP contribution < -0.4 is 4.73 Å². The van der Waals surface area contributed by atoms with Crippen molar-refractivity contribution in [2.45, 2.75) is 38.1 Å². The first kappa shape index (κ1) is 29.4. The van der Waals surface area contributed by atoms with Gasteiger partial charge in [0, 0.05) is 59.2 Å². The van der Waals surface area contributed by atoms with Crippen molar-refractivity contribution in [2.24, 2.45) is 0 Å². The molecule has 0 radical (unpaired) electrons. The molecule has 1 fully saturated rings. The van der Waals surface area contributed by atoms with Gasteiger partial charge in [-0.1, -0.05) is 11.6 Å². The maximum Gasteiger partial charge on any atom is 0.257 e. The van der Waals surface area contributed by atoms with Gasteiger partial charge < -0.3 is 25.4 Å². The van der Waals surface area contributed by atoms with Crippen molar-refractivity contribution in [1.29, 1.82) is 0 Å². The Morgan fingerprint density at radius 3 is 2.20 bits per heavy atom. The van der Waals surface area contributed by atoms with Crippen molar-refractivity contribution in [3.8, 4) is 17.1 Å². The number of pyridine rings is 1. The number of aromatic nitrogens is 3. The van der Waals surface area contributed by atoms with Crippen LogP contribution >= 0.6 is 11.6 Å². The van der Waals surface area contributed by atoms with Crippen molar-refractivity contribution >= 4 is 33.6 Å². The van der Waals surface area contributed by atoms with Crippen LogP contribution in [0.25, 0.3) is 17.5 Å². The van der Waals surface area contributed by atoms with Gasteiger partial charge in [-0.2, -0.15) is 9.04 Å². The summed E-state index contributed by atoms with van der Waals surface area (Å²) in [4.78, 5) is 23.3. The minimum atomic E-state index is -4.09. The Kier molecular flexibility index (Phi) is 8.71. The average molecular weight is 590 g/mol. The number of benzene rings is 1. The van der Waals surface area contributed by atoms with Gasteiger partial charge in [-0.3, -0.25) is 4.79 Å². The predicted octanol–water partition coefficient (Wildman–Crippen LogP) is 1.39. The van der Waals surface area contributed by atoms with Crippen molar-refractivity contribution in [1.82, 2.24) is 19.2 Å². The first-order chi connectivity index (χ1) is 18.9. The number of piperazine rings is 1. The minimum absolute atomic E-state index is 0.0734.